The van der Waals surface area contributed by atoms with Gasteiger partial charge in [-0.1, -0.05) is 32.6 Å². The van der Waals surface area contributed by atoms with E-state index in [2.05, 4.69) is 6.92 Å². The highest BCUT2D eigenvalue weighted by Gasteiger charge is 2.37. The number of hydrogen-bond acceptors (Lipinski definition) is 3. The van der Waals surface area contributed by atoms with E-state index < -0.39 is 0 Å². The minimum atomic E-state index is -0.0540. The molecule has 0 amide bonds. The lowest BCUT2D eigenvalue weighted by molar-refractivity contribution is -0.148. The molecule has 16 heavy (non-hydrogen) atoms. The highest BCUT2D eigenvalue weighted by molar-refractivity contribution is 5.70. The van der Waals surface area contributed by atoms with Crippen LogP contribution in [0.2, 0.25) is 0 Å². The van der Waals surface area contributed by atoms with Gasteiger partial charge in [0.05, 0.1) is 13.0 Å². The second-order valence-corrected chi connectivity index (χ2v) is 5.02. The minimum Gasteiger partial charge on any atom is -0.466 e. The van der Waals surface area contributed by atoms with E-state index in [1.54, 1.807) is 0 Å². The third-order valence-electron chi connectivity index (χ3n) is 3.63. The van der Waals surface area contributed by atoms with Crippen LogP contribution in [0, 0.1) is 5.41 Å². The maximum absolute atomic E-state index is 11.6. The quantitative estimate of drug-likeness (QED) is 0.512. The summed E-state index contributed by atoms with van der Waals surface area (Å²) in [7, 11) is 0. The molecule has 94 valence electrons. The minimum absolute atomic E-state index is 0.0540. The number of carbonyl (C=O) groups excluding carboxylic acids is 1. The Bertz CT molecular complexity index is 206. The number of carbonyl (C=O) groups is 1. The number of nitrogens with two attached hydrogens (primary N) is 1. The van der Waals surface area contributed by atoms with Gasteiger partial charge in [0, 0.05) is 0 Å². The van der Waals surface area contributed by atoms with E-state index in [0.717, 1.165) is 25.7 Å². The lowest BCUT2D eigenvalue weighted by atomic mass is 9.67. The summed E-state index contributed by atoms with van der Waals surface area (Å²) in [5.41, 5.74) is 5.79. The molecule has 2 N–H and O–H groups in total. The lowest BCUT2D eigenvalue weighted by Crippen LogP contribution is -2.39. The number of rotatable bonds is 8. The molecule has 1 aliphatic rings. The second-order valence-electron chi connectivity index (χ2n) is 5.02. The molecule has 1 fully saturated rings. The molecule has 0 radical (unpaired) electrons. The maximum Gasteiger partial charge on any atom is 0.306 e. The molecule has 0 spiro atoms. The van der Waals surface area contributed by atoms with Gasteiger partial charge in [-0.05, 0) is 31.2 Å². The average Bonchev–Trinajstić information content (AvgIpc) is 2.23. The maximum atomic E-state index is 11.6. The molecule has 0 aromatic rings. The van der Waals surface area contributed by atoms with Crippen molar-refractivity contribution in [2.24, 2.45) is 11.1 Å². The predicted octanol–water partition coefficient (Wildman–Crippen LogP) is 2.63. The van der Waals surface area contributed by atoms with Gasteiger partial charge in [-0.2, -0.15) is 0 Å². The molecule has 0 bridgehead atoms. The Balaban J connectivity index is 2.06. The molecule has 0 unspecified atom stereocenters. The first kappa shape index (κ1) is 13.5. The van der Waals surface area contributed by atoms with Gasteiger partial charge in [-0.15, -0.1) is 0 Å². The monoisotopic (exact) mass is 227 g/mol. The van der Waals surface area contributed by atoms with E-state index in [0.29, 0.717) is 19.6 Å². The highest BCUT2D eigenvalue weighted by Crippen LogP contribution is 2.43. The molecule has 0 aliphatic heterocycles. The van der Waals surface area contributed by atoms with E-state index in [-0.39, 0.29) is 11.4 Å². The van der Waals surface area contributed by atoms with Gasteiger partial charge >= 0.3 is 5.97 Å². The van der Waals surface area contributed by atoms with Crippen LogP contribution in [0.4, 0.5) is 0 Å². The van der Waals surface area contributed by atoms with Crippen LogP contribution < -0.4 is 5.73 Å². The number of unbranched alkanes of at least 4 members (excludes halogenated alkanes) is 3. The fourth-order valence-electron chi connectivity index (χ4n) is 2.20. The van der Waals surface area contributed by atoms with Crippen molar-refractivity contribution < 1.29 is 9.53 Å². The van der Waals surface area contributed by atoms with Crippen LogP contribution in [-0.4, -0.2) is 19.1 Å². The molecule has 1 aliphatic carbocycles. The summed E-state index contributed by atoms with van der Waals surface area (Å²) in [6, 6.07) is 0. The summed E-state index contributed by atoms with van der Waals surface area (Å²) in [5.74, 6) is -0.0540. The van der Waals surface area contributed by atoms with Crippen LogP contribution in [-0.2, 0) is 9.53 Å². The van der Waals surface area contributed by atoms with Crippen molar-refractivity contribution >= 4 is 5.97 Å². The van der Waals surface area contributed by atoms with E-state index in [4.69, 9.17) is 10.5 Å². The summed E-state index contributed by atoms with van der Waals surface area (Å²) in [4.78, 5) is 11.6. The predicted molar refractivity (Wildman–Crippen MR) is 65.1 cm³/mol. The van der Waals surface area contributed by atoms with E-state index >= 15 is 0 Å². The molecule has 0 atom stereocenters. The molecule has 0 heterocycles. The van der Waals surface area contributed by atoms with Crippen LogP contribution in [0.1, 0.15) is 58.3 Å². The molecule has 1 rings (SSSR count). The van der Waals surface area contributed by atoms with Gasteiger partial charge in [0.2, 0.25) is 0 Å². The largest absolute Gasteiger partial charge is 0.466 e. The standard InChI is InChI=1S/C13H25NO2/c1-2-3-4-5-9-16-12(15)10-13(11-14)7-6-8-13/h2-11,14H2,1H3. The van der Waals surface area contributed by atoms with Gasteiger partial charge in [0.15, 0.2) is 0 Å². The molecular formula is C13H25NO2. The average molecular weight is 227 g/mol. The van der Waals surface area contributed by atoms with Crippen molar-refractivity contribution in [1.29, 1.82) is 0 Å². The van der Waals surface area contributed by atoms with Crippen molar-refractivity contribution in [2.45, 2.75) is 58.3 Å². The molecule has 0 aromatic heterocycles. The van der Waals surface area contributed by atoms with Gasteiger partial charge in [-0.3, -0.25) is 4.79 Å². The Kier molecular flexibility index (Phi) is 5.81. The van der Waals surface area contributed by atoms with Crippen LogP contribution in [0.25, 0.3) is 0 Å². The Labute approximate surface area is 98.7 Å². The number of esters is 1. The molecule has 0 saturated heterocycles. The summed E-state index contributed by atoms with van der Waals surface area (Å²) in [5, 5.41) is 0. The molecule has 3 heteroatoms. The van der Waals surface area contributed by atoms with Gasteiger partial charge in [-0.25, -0.2) is 0 Å². The normalized spacial score (nSPS) is 17.9. The Morgan fingerprint density at radius 3 is 2.56 bits per heavy atom. The lowest BCUT2D eigenvalue weighted by Gasteiger charge is -2.40. The Hall–Kier alpha value is -0.570. The zero-order valence-electron chi connectivity index (χ0n) is 10.5. The fraction of sp³-hybridized carbons (Fsp3) is 0.923. The molecule has 1 saturated carbocycles. The fourth-order valence-corrected chi connectivity index (χ4v) is 2.20. The van der Waals surface area contributed by atoms with Crippen molar-refractivity contribution in [3.8, 4) is 0 Å². The van der Waals surface area contributed by atoms with Crippen LogP contribution >= 0.6 is 0 Å². The van der Waals surface area contributed by atoms with Gasteiger partial charge in [0.25, 0.3) is 0 Å². The van der Waals surface area contributed by atoms with Crippen LogP contribution in [0.5, 0.6) is 0 Å². The van der Waals surface area contributed by atoms with E-state index in [1.165, 1.54) is 19.3 Å². The third-order valence-corrected chi connectivity index (χ3v) is 3.63. The molecule has 0 aromatic carbocycles. The van der Waals surface area contributed by atoms with Gasteiger partial charge < -0.3 is 10.5 Å². The van der Waals surface area contributed by atoms with Gasteiger partial charge in [0.1, 0.15) is 0 Å². The first-order valence-corrected chi connectivity index (χ1v) is 6.58. The second kappa shape index (κ2) is 6.89. The van der Waals surface area contributed by atoms with Crippen LogP contribution in [0.15, 0.2) is 0 Å². The number of ether oxygens (including phenoxy) is 1. The topological polar surface area (TPSA) is 52.3 Å². The van der Waals surface area contributed by atoms with E-state index in [9.17, 15) is 4.79 Å². The zero-order chi connectivity index (χ0) is 11.9. The first-order chi connectivity index (χ1) is 7.72. The summed E-state index contributed by atoms with van der Waals surface area (Å²) in [6.45, 7) is 3.38. The van der Waals surface area contributed by atoms with E-state index in [1.807, 2.05) is 0 Å². The van der Waals surface area contributed by atoms with Crippen molar-refractivity contribution in [3.05, 3.63) is 0 Å². The van der Waals surface area contributed by atoms with Crippen molar-refractivity contribution in [3.63, 3.8) is 0 Å². The summed E-state index contributed by atoms with van der Waals surface area (Å²) >= 11 is 0. The SMILES string of the molecule is CCCCCCOC(=O)CC1(CN)CCC1. The van der Waals surface area contributed by atoms with Crippen LogP contribution in [0.3, 0.4) is 0 Å². The van der Waals surface area contributed by atoms with Crippen molar-refractivity contribution in [2.75, 3.05) is 13.2 Å². The molecule has 3 nitrogen and oxygen atoms in total. The summed E-state index contributed by atoms with van der Waals surface area (Å²) in [6.07, 6.45) is 8.51. The smallest absolute Gasteiger partial charge is 0.306 e. The zero-order valence-corrected chi connectivity index (χ0v) is 10.5. The number of hydrogen-bond donors (Lipinski definition) is 1. The summed E-state index contributed by atoms with van der Waals surface area (Å²) < 4.78 is 5.23. The van der Waals surface area contributed by atoms with Crippen molar-refractivity contribution in [1.82, 2.24) is 0 Å². The Morgan fingerprint density at radius 1 is 1.31 bits per heavy atom. The highest BCUT2D eigenvalue weighted by atomic mass is 16.5. The molecular weight excluding hydrogens is 202 g/mol. The third kappa shape index (κ3) is 4.12. The first-order valence-electron chi connectivity index (χ1n) is 6.58. The Morgan fingerprint density at radius 2 is 2.06 bits per heavy atom.